The number of hydrogen-bond donors (Lipinski definition) is 4. The molecule has 2 rings (SSSR count). The fourth-order valence-electron chi connectivity index (χ4n) is 2.59. The first kappa shape index (κ1) is 21.8. The summed E-state index contributed by atoms with van der Waals surface area (Å²) in [5.41, 5.74) is 2.63. The van der Waals surface area contributed by atoms with Gasteiger partial charge in [-0.1, -0.05) is 54.6 Å². The van der Waals surface area contributed by atoms with Crippen LogP contribution in [0.4, 0.5) is 0 Å². The molecule has 0 radical (unpaired) electrons. The van der Waals surface area contributed by atoms with Crippen molar-refractivity contribution in [2.75, 3.05) is 0 Å². The Labute approximate surface area is 162 Å². The molecule has 3 atom stereocenters. The van der Waals surface area contributed by atoms with Gasteiger partial charge in [0.2, 0.25) is 0 Å². The van der Waals surface area contributed by atoms with Crippen LogP contribution < -0.4 is 5.09 Å². The number of nitrogens with one attached hydrogen (secondary N) is 1. The molecule has 0 aromatic heterocycles. The highest BCUT2D eigenvalue weighted by molar-refractivity contribution is 7.50. The maximum atomic E-state index is 12.3. The van der Waals surface area contributed by atoms with Crippen molar-refractivity contribution in [3.8, 4) is 11.1 Å². The van der Waals surface area contributed by atoms with Crippen LogP contribution in [0.1, 0.15) is 31.4 Å². The average Bonchev–Trinajstić information content (AvgIpc) is 2.65. The third-order valence-electron chi connectivity index (χ3n) is 4.05. The number of aliphatic carboxylic acids is 2. The van der Waals surface area contributed by atoms with Gasteiger partial charge < -0.3 is 15.1 Å². The molecule has 0 bridgehead atoms. The molecule has 4 N–H and O–H groups in total. The number of carboxylic acid groups (broad SMARTS) is 2. The third-order valence-corrected chi connectivity index (χ3v) is 5.29. The molecule has 0 fully saturated rings. The second-order valence-corrected chi connectivity index (χ2v) is 7.72. The number of hydrogen-bond acceptors (Lipinski definition) is 4. The van der Waals surface area contributed by atoms with Crippen molar-refractivity contribution in [2.45, 2.75) is 31.9 Å². The van der Waals surface area contributed by atoms with Gasteiger partial charge in [0.05, 0.1) is 6.10 Å². The van der Waals surface area contributed by atoms with E-state index in [4.69, 9.17) is 14.7 Å². The fourth-order valence-corrected chi connectivity index (χ4v) is 3.84. The minimum Gasteiger partial charge on any atom is -0.481 e. The molecular weight excluding hydrogens is 385 g/mol. The van der Waals surface area contributed by atoms with E-state index in [1.54, 1.807) is 19.1 Å². The quantitative estimate of drug-likeness (QED) is 0.440. The van der Waals surface area contributed by atoms with Crippen molar-refractivity contribution in [1.29, 1.82) is 0 Å². The molecule has 0 amide bonds. The molecule has 0 aliphatic heterocycles. The second-order valence-electron chi connectivity index (χ2n) is 6.21. The van der Waals surface area contributed by atoms with Gasteiger partial charge >= 0.3 is 19.7 Å². The summed E-state index contributed by atoms with van der Waals surface area (Å²) in [5.74, 6) is -2.63. The van der Waals surface area contributed by atoms with Crippen LogP contribution in [0.5, 0.6) is 0 Å². The van der Waals surface area contributed by atoms with Crippen LogP contribution in [0.2, 0.25) is 0 Å². The lowest BCUT2D eigenvalue weighted by Crippen LogP contribution is -2.35. The summed E-state index contributed by atoms with van der Waals surface area (Å²) in [4.78, 5) is 31.8. The Kier molecular flexibility index (Phi) is 7.48. The van der Waals surface area contributed by atoms with Crippen LogP contribution in [-0.4, -0.2) is 33.1 Å². The Balaban J connectivity index is 2.03. The summed E-state index contributed by atoms with van der Waals surface area (Å²) in [6, 6.07) is 15.4. The predicted molar refractivity (Wildman–Crippen MR) is 103 cm³/mol. The van der Waals surface area contributed by atoms with Crippen LogP contribution in [0, 0.1) is 0 Å². The van der Waals surface area contributed by atoms with Crippen LogP contribution >= 0.6 is 7.75 Å². The van der Waals surface area contributed by atoms with E-state index in [2.05, 4.69) is 0 Å². The van der Waals surface area contributed by atoms with E-state index < -0.39 is 38.3 Å². The van der Waals surface area contributed by atoms with Gasteiger partial charge in [-0.25, -0.2) is 9.65 Å². The number of rotatable bonds is 10. The molecule has 2 aromatic rings. The Hall–Kier alpha value is -2.51. The van der Waals surface area contributed by atoms with Gasteiger partial charge in [-0.2, -0.15) is 0 Å². The number of benzene rings is 2. The zero-order valence-electron chi connectivity index (χ0n) is 15.2. The van der Waals surface area contributed by atoms with Crippen molar-refractivity contribution in [2.24, 2.45) is 0 Å². The lowest BCUT2D eigenvalue weighted by atomic mass is 10.0. The second kappa shape index (κ2) is 9.61. The topological polar surface area (TPSA) is 133 Å². The summed E-state index contributed by atoms with van der Waals surface area (Å²) in [6.45, 7) is 1.56. The van der Waals surface area contributed by atoms with Crippen molar-refractivity contribution in [3.05, 3.63) is 60.2 Å². The Bertz CT molecular complexity index is 854. The molecule has 0 aliphatic carbocycles. The lowest BCUT2D eigenvalue weighted by molar-refractivity contribution is -0.140. The van der Waals surface area contributed by atoms with Gasteiger partial charge in [-0.15, -0.1) is 0 Å². The van der Waals surface area contributed by atoms with Crippen molar-refractivity contribution in [3.63, 3.8) is 0 Å². The highest BCUT2D eigenvalue weighted by Crippen LogP contribution is 2.43. The van der Waals surface area contributed by atoms with Crippen molar-refractivity contribution >= 4 is 19.7 Å². The minimum atomic E-state index is -4.48. The molecule has 0 saturated heterocycles. The molecule has 2 aromatic carbocycles. The monoisotopic (exact) mass is 407 g/mol. The maximum Gasteiger partial charge on any atom is 0.404 e. The Morgan fingerprint density at radius 3 is 2.14 bits per heavy atom. The molecule has 0 heterocycles. The highest BCUT2D eigenvalue weighted by Gasteiger charge is 2.31. The van der Waals surface area contributed by atoms with Crippen LogP contribution in [0.15, 0.2) is 54.6 Å². The van der Waals surface area contributed by atoms with E-state index in [1.165, 1.54) is 0 Å². The predicted octanol–water partition coefficient (Wildman–Crippen LogP) is 3.44. The summed E-state index contributed by atoms with van der Waals surface area (Å²) in [7, 11) is -4.48. The van der Waals surface area contributed by atoms with E-state index in [0.717, 1.165) is 11.1 Å². The molecule has 0 spiro atoms. The van der Waals surface area contributed by atoms with Crippen LogP contribution in [0.25, 0.3) is 11.1 Å². The standard InChI is InChI=1S/C19H22NO7P/c1-13(14-7-9-16(10-8-14)15-5-3-2-4-6-15)27-28(25,26)20-17(19(23)24)11-12-18(21)22/h2-10,13,17H,11-12H2,1H3,(H,21,22)(H,23,24)(H2,20,25,26)/t13?,17-/m0/s1. The molecule has 8 nitrogen and oxygen atoms in total. The summed E-state index contributed by atoms with van der Waals surface area (Å²) < 4.78 is 17.4. The van der Waals surface area contributed by atoms with Crippen LogP contribution in [-0.2, 0) is 18.7 Å². The first-order chi connectivity index (χ1) is 13.2. The first-order valence-electron chi connectivity index (χ1n) is 8.57. The zero-order valence-corrected chi connectivity index (χ0v) is 16.1. The molecule has 0 saturated carbocycles. The van der Waals surface area contributed by atoms with Gasteiger partial charge in [0, 0.05) is 6.42 Å². The molecule has 2 unspecified atom stereocenters. The van der Waals surface area contributed by atoms with E-state index in [1.807, 2.05) is 47.6 Å². The fraction of sp³-hybridized carbons (Fsp3) is 0.263. The van der Waals surface area contributed by atoms with Gasteiger partial charge in [-0.05, 0) is 30.0 Å². The summed E-state index contributed by atoms with van der Waals surface area (Å²) in [5, 5.41) is 19.8. The SMILES string of the molecule is CC(OP(=O)(O)N[C@@H](CCC(=O)O)C(=O)O)c1ccc(-c2ccccc2)cc1. The first-order valence-corrected chi connectivity index (χ1v) is 10.1. The lowest BCUT2D eigenvalue weighted by Gasteiger charge is -2.22. The molecular formula is C19H22NO7P. The minimum absolute atomic E-state index is 0.348. The highest BCUT2D eigenvalue weighted by atomic mass is 31.2. The largest absolute Gasteiger partial charge is 0.481 e. The molecule has 9 heteroatoms. The van der Waals surface area contributed by atoms with Gasteiger partial charge in [-0.3, -0.25) is 14.1 Å². The van der Waals surface area contributed by atoms with Crippen LogP contribution in [0.3, 0.4) is 0 Å². The molecule has 150 valence electrons. The Morgan fingerprint density at radius 1 is 1.04 bits per heavy atom. The third kappa shape index (κ3) is 6.58. The average molecular weight is 407 g/mol. The van der Waals surface area contributed by atoms with Gasteiger partial charge in [0.15, 0.2) is 0 Å². The zero-order chi connectivity index (χ0) is 20.7. The van der Waals surface area contributed by atoms with E-state index in [9.17, 15) is 19.0 Å². The van der Waals surface area contributed by atoms with Crippen molar-refractivity contribution in [1.82, 2.24) is 5.09 Å². The number of carbonyl (C=O) groups is 2. The molecule has 0 aliphatic rings. The van der Waals surface area contributed by atoms with Crippen molar-refractivity contribution < 1.29 is 33.8 Å². The van der Waals surface area contributed by atoms with Gasteiger partial charge in [0.25, 0.3) is 0 Å². The van der Waals surface area contributed by atoms with E-state index in [0.29, 0.717) is 5.56 Å². The maximum absolute atomic E-state index is 12.3. The summed E-state index contributed by atoms with van der Waals surface area (Å²) in [6.07, 6.45) is -1.60. The summed E-state index contributed by atoms with van der Waals surface area (Å²) >= 11 is 0. The smallest absolute Gasteiger partial charge is 0.404 e. The van der Waals surface area contributed by atoms with E-state index >= 15 is 0 Å². The van der Waals surface area contributed by atoms with E-state index in [-0.39, 0.29) is 6.42 Å². The number of carboxylic acids is 2. The Morgan fingerprint density at radius 2 is 1.61 bits per heavy atom. The molecule has 28 heavy (non-hydrogen) atoms. The van der Waals surface area contributed by atoms with Gasteiger partial charge in [0.1, 0.15) is 6.04 Å². The normalized spacial score (nSPS) is 15.4.